The van der Waals surface area contributed by atoms with Gasteiger partial charge in [-0.1, -0.05) is 25.1 Å². The fourth-order valence-electron chi connectivity index (χ4n) is 3.18. The second-order valence-corrected chi connectivity index (χ2v) is 7.21. The Labute approximate surface area is 124 Å². The van der Waals surface area contributed by atoms with Crippen LogP contribution in [0.15, 0.2) is 29.2 Å². The third kappa shape index (κ3) is 2.59. The van der Waals surface area contributed by atoms with Gasteiger partial charge in [0.05, 0.1) is 5.25 Å². The summed E-state index contributed by atoms with van der Waals surface area (Å²) in [5.74, 6) is 1.40. The lowest BCUT2D eigenvalue weighted by Crippen LogP contribution is -2.48. The van der Waals surface area contributed by atoms with Gasteiger partial charge in [-0.2, -0.15) is 0 Å². The maximum Gasteiger partial charge on any atom is 0.236 e. The van der Waals surface area contributed by atoms with Crippen molar-refractivity contribution in [2.75, 3.05) is 19.6 Å². The molecule has 1 aromatic rings. The summed E-state index contributed by atoms with van der Waals surface area (Å²) in [6.45, 7) is 4.66. The van der Waals surface area contributed by atoms with Crippen LogP contribution in [0, 0.1) is 11.8 Å². The van der Waals surface area contributed by atoms with E-state index in [0.29, 0.717) is 24.3 Å². The van der Waals surface area contributed by atoms with Crippen LogP contribution in [0.1, 0.15) is 18.9 Å². The van der Waals surface area contributed by atoms with Crippen LogP contribution in [0.5, 0.6) is 0 Å². The Morgan fingerprint density at radius 3 is 3.00 bits per heavy atom. The molecule has 0 spiro atoms. The van der Waals surface area contributed by atoms with Crippen molar-refractivity contribution in [3.05, 3.63) is 29.8 Å². The van der Waals surface area contributed by atoms with E-state index in [1.54, 1.807) is 11.8 Å². The molecule has 2 aliphatic rings. The van der Waals surface area contributed by atoms with Crippen LogP contribution >= 0.6 is 11.8 Å². The van der Waals surface area contributed by atoms with E-state index in [1.807, 2.05) is 11.0 Å². The van der Waals surface area contributed by atoms with Crippen molar-refractivity contribution in [2.24, 2.45) is 17.6 Å². The average molecular weight is 290 g/mol. The molecule has 0 saturated carbocycles. The second kappa shape index (κ2) is 5.78. The van der Waals surface area contributed by atoms with Gasteiger partial charge in [-0.15, -0.1) is 11.8 Å². The topological polar surface area (TPSA) is 46.3 Å². The molecular formula is C16H22N2OS. The number of nitrogens with zero attached hydrogens (tertiary/aromatic N) is 1. The first-order valence-corrected chi connectivity index (χ1v) is 8.30. The molecule has 3 rings (SSSR count). The lowest BCUT2D eigenvalue weighted by Gasteiger charge is -2.37. The van der Waals surface area contributed by atoms with E-state index in [4.69, 9.17) is 5.73 Å². The molecule has 2 N–H and O–H groups in total. The Bertz CT molecular complexity index is 480. The minimum atomic E-state index is 0.0687. The summed E-state index contributed by atoms with van der Waals surface area (Å²) >= 11 is 1.73. The van der Waals surface area contributed by atoms with Crippen LogP contribution in [0.4, 0.5) is 0 Å². The Kier molecular flexibility index (Phi) is 4.03. The van der Waals surface area contributed by atoms with Crippen molar-refractivity contribution < 1.29 is 4.79 Å². The largest absolute Gasteiger partial charge is 0.341 e. The molecule has 2 heterocycles. The molecule has 4 heteroatoms. The summed E-state index contributed by atoms with van der Waals surface area (Å²) < 4.78 is 0. The zero-order chi connectivity index (χ0) is 14.1. The van der Waals surface area contributed by atoms with Crippen molar-refractivity contribution in [2.45, 2.75) is 29.9 Å². The zero-order valence-electron chi connectivity index (χ0n) is 11.9. The Morgan fingerprint density at radius 1 is 1.45 bits per heavy atom. The number of rotatable bonds is 2. The van der Waals surface area contributed by atoms with E-state index in [0.717, 1.165) is 25.9 Å². The molecule has 108 valence electrons. The molecular weight excluding hydrogens is 268 g/mol. The number of thioether (sulfide) groups is 1. The van der Waals surface area contributed by atoms with Crippen LogP contribution in [0.25, 0.3) is 0 Å². The number of fused-ring (bicyclic) bond motifs is 1. The van der Waals surface area contributed by atoms with Crippen molar-refractivity contribution in [1.82, 2.24) is 4.90 Å². The van der Waals surface area contributed by atoms with Crippen LogP contribution < -0.4 is 5.73 Å². The van der Waals surface area contributed by atoms with E-state index < -0.39 is 0 Å². The molecule has 1 saturated heterocycles. The number of carbonyl (C=O) groups excluding carboxylic acids is 1. The number of piperidine rings is 1. The highest BCUT2D eigenvalue weighted by atomic mass is 32.2. The normalized spacial score (nSPS) is 29.3. The van der Waals surface area contributed by atoms with E-state index in [2.05, 4.69) is 25.1 Å². The van der Waals surface area contributed by atoms with Gasteiger partial charge in [0, 0.05) is 18.0 Å². The summed E-state index contributed by atoms with van der Waals surface area (Å²) in [7, 11) is 0. The number of hydrogen-bond donors (Lipinski definition) is 1. The van der Waals surface area contributed by atoms with E-state index in [9.17, 15) is 4.79 Å². The van der Waals surface area contributed by atoms with Gasteiger partial charge in [-0.3, -0.25) is 4.79 Å². The van der Waals surface area contributed by atoms with E-state index in [-0.39, 0.29) is 5.25 Å². The average Bonchev–Trinajstić information content (AvgIpc) is 2.91. The summed E-state index contributed by atoms with van der Waals surface area (Å²) in [4.78, 5) is 16.0. The maximum atomic E-state index is 12.7. The minimum absolute atomic E-state index is 0.0687. The summed E-state index contributed by atoms with van der Waals surface area (Å²) in [5, 5.41) is 0.0687. The minimum Gasteiger partial charge on any atom is -0.341 e. The van der Waals surface area contributed by atoms with Crippen LogP contribution in [0.2, 0.25) is 0 Å². The van der Waals surface area contributed by atoms with Gasteiger partial charge in [0.1, 0.15) is 0 Å². The van der Waals surface area contributed by atoms with Crippen molar-refractivity contribution >= 4 is 17.7 Å². The SMILES string of the molecule is CC1CCN(C(=O)C2Cc3ccccc3S2)CC1CN. The number of benzene rings is 1. The Balaban J connectivity index is 1.66. The Morgan fingerprint density at radius 2 is 2.25 bits per heavy atom. The predicted octanol–water partition coefficient (Wildman–Crippen LogP) is 2.15. The first kappa shape index (κ1) is 14.0. The number of carbonyl (C=O) groups is 1. The van der Waals surface area contributed by atoms with Crippen LogP contribution in [0.3, 0.4) is 0 Å². The molecule has 0 aromatic heterocycles. The fraction of sp³-hybridized carbons (Fsp3) is 0.562. The highest BCUT2D eigenvalue weighted by Crippen LogP contribution is 2.38. The van der Waals surface area contributed by atoms with Crippen LogP contribution in [-0.2, 0) is 11.2 Å². The molecule has 1 fully saturated rings. The van der Waals surface area contributed by atoms with Crippen molar-refractivity contribution in [1.29, 1.82) is 0 Å². The molecule has 3 atom stereocenters. The molecule has 3 nitrogen and oxygen atoms in total. The molecule has 0 bridgehead atoms. The number of hydrogen-bond acceptors (Lipinski definition) is 3. The van der Waals surface area contributed by atoms with Gasteiger partial charge in [-0.05, 0) is 42.9 Å². The lowest BCUT2D eigenvalue weighted by molar-refractivity contribution is -0.132. The number of likely N-dealkylation sites (tertiary alicyclic amines) is 1. The maximum absolute atomic E-state index is 12.7. The van der Waals surface area contributed by atoms with Crippen molar-refractivity contribution in [3.63, 3.8) is 0 Å². The molecule has 20 heavy (non-hydrogen) atoms. The summed E-state index contributed by atoms with van der Waals surface area (Å²) in [5.41, 5.74) is 7.15. The van der Waals surface area contributed by atoms with Gasteiger partial charge in [0.2, 0.25) is 5.91 Å². The molecule has 0 radical (unpaired) electrons. The molecule has 0 aliphatic carbocycles. The monoisotopic (exact) mass is 290 g/mol. The third-order valence-electron chi connectivity index (χ3n) is 4.65. The highest BCUT2D eigenvalue weighted by Gasteiger charge is 2.34. The first-order chi connectivity index (χ1) is 9.69. The second-order valence-electron chi connectivity index (χ2n) is 5.96. The third-order valence-corrected chi connectivity index (χ3v) is 5.96. The fourth-order valence-corrected chi connectivity index (χ4v) is 4.46. The van der Waals surface area contributed by atoms with Gasteiger partial charge in [-0.25, -0.2) is 0 Å². The molecule has 1 aromatic carbocycles. The predicted molar refractivity (Wildman–Crippen MR) is 82.7 cm³/mol. The van der Waals surface area contributed by atoms with Crippen LogP contribution in [-0.4, -0.2) is 35.7 Å². The summed E-state index contributed by atoms with van der Waals surface area (Å²) in [6.07, 6.45) is 1.96. The number of nitrogens with two attached hydrogens (primary N) is 1. The highest BCUT2D eigenvalue weighted by molar-refractivity contribution is 8.01. The zero-order valence-corrected chi connectivity index (χ0v) is 12.7. The lowest BCUT2D eigenvalue weighted by atomic mass is 9.87. The van der Waals surface area contributed by atoms with Gasteiger partial charge in [0.15, 0.2) is 0 Å². The van der Waals surface area contributed by atoms with Gasteiger partial charge >= 0.3 is 0 Å². The van der Waals surface area contributed by atoms with E-state index >= 15 is 0 Å². The first-order valence-electron chi connectivity index (χ1n) is 7.42. The molecule has 3 unspecified atom stereocenters. The summed E-state index contributed by atoms with van der Waals surface area (Å²) in [6, 6.07) is 8.36. The number of amides is 1. The standard InChI is InChI=1S/C16H22N2OS/c1-11-6-7-18(10-13(11)9-17)16(19)15-8-12-4-2-3-5-14(12)20-15/h2-5,11,13,15H,6-10,17H2,1H3. The van der Waals surface area contributed by atoms with Gasteiger partial charge in [0.25, 0.3) is 0 Å². The molecule has 1 amide bonds. The van der Waals surface area contributed by atoms with E-state index in [1.165, 1.54) is 10.5 Å². The molecule has 2 aliphatic heterocycles. The quantitative estimate of drug-likeness (QED) is 0.908. The Hall–Kier alpha value is -1.00. The smallest absolute Gasteiger partial charge is 0.236 e. The van der Waals surface area contributed by atoms with Gasteiger partial charge < -0.3 is 10.6 Å². The van der Waals surface area contributed by atoms with Crippen molar-refractivity contribution in [3.8, 4) is 0 Å².